The van der Waals surface area contributed by atoms with Gasteiger partial charge in [-0.2, -0.15) is 0 Å². The average Bonchev–Trinajstić information content (AvgIpc) is 2.77. The molecular weight excluding hydrogens is 460 g/mol. The van der Waals surface area contributed by atoms with Crippen molar-refractivity contribution in [1.29, 1.82) is 0 Å². The quantitative estimate of drug-likeness (QED) is 0.443. The fraction of sp³-hybridized carbons (Fsp3) is 0.167. The molecule has 31 heavy (non-hydrogen) atoms. The first kappa shape index (κ1) is 22.4. The molecule has 0 heterocycles. The number of benzene rings is 3. The summed E-state index contributed by atoms with van der Waals surface area (Å²) >= 11 is 3.36. The van der Waals surface area contributed by atoms with Gasteiger partial charge in [0.2, 0.25) is 0 Å². The van der Waals surface area contributed by atoms with Crippen molar-refractivity contribution < 1.29 is 19.1 Å². The van der Waals surface area contributed by atoms with Crippen molar-refractivity contribution >= 4 is 39.1 Å². The zero-order valence-electron chi connectivity index (χ0n) is 17.2. The normalized spacial score (nSPS) is 11.3. The van der Waals surface area contributed by atoms with Gasteiger partial charge in [-0.25, -0.2) is 0 Å². The molecule has 0 aliphatic rings. The van der Waals surface area contributed by atoms with Crippen molar-refractivity contribution in [2.75, 3.05) is 17.2 Å². The maximum atomic E-state index is 12.6. The highest BCUT2D eigenvalue weighted by Gasteiger charge is 2.16. The Labute approximate surface area is 189 Å². The van der Waals surface area contributed by atoms with Gasteiger partial charge in [0.25, 0.3) is 11.8 Å². The molecule has 160 valence electrons. The Balaban J connectivity index is 1.58. The smallest absolute Gasteiger partial charge is 0.265 e. The lowest BCUT2D eigenvalue weighted by molar-refractivity contribution is -0.122. The molecule has 0 aliphatic carbocycles. The highest BCUT2D eigenvalue weighted by molar-refractivity contribution is 9.10. The Bertz CT molecular complexity index is 1040. The molecule has 0 fully saturated rings. The van der Waals surface area contributed by atoms with E-state index in [2.05, 4.69) is 26.6 Å². The number of halogens is 1. The third-order valence-electron chi connectivity index (χ3n) is 4.35. The van der Waals surface area contributed by atoms with Gasteiger partial charge in [-0.1, -0.05) is 28.1 Å². The van der Waals surface area contributed by atoms with Gasteiger partial charge in [0.1, 0.15) is 11.5 Å². The second-order valence-electron chi connectivity index (χ2n) is 6.66. The first-order valence-corrected chi connectivity index (χ1v) is 10.6. The standard InChI is InChI=1S/C24H23BrN2O4/c1-3-30-22-7-5-4-6-21(22)27-24(29)17-8-14-20(15-9-17)31-16(2)23(28)26-19-12-10-18(25)11-13-19/h4-16H,3H2,1-2H3,(H,26,28)(H,27,29). The van der Waals surface area contributed by atoms with Gasteiger partial charge in [-0.15, -0.1) is 0 Å². The zero-order valence-corrected chi connectivity index (χ0v) is 18.8. The summed E-state index contributed by atoms with van der Waals surface area (Å²) in [5, 5.41) is 5.65. The van der Waals surface area contributed by atoms with Crippen LogP contribution in [0.5, 0.6) is 11.5 Å². The summed E-state index contributed by atoms with van der Waals surface area (Å²) in [4.78, 5) is 24.9. The number of para-hydroxylation sites is 2. The van der Waals surface area contributed by atoms with Crippen LogP contribution in [0.1, 0.15) is 24.2 Å². The summed E-state index contributed by atoms with van der Waals surface area (Å²) in [5.41, 5.74) is 1.75. The third-order valence-corrected chi connectivity index (χ3v) is 4.87. The van der Waals surface area contributed by atoms with Gasteiger partial charge < -0.3 is 20.1 Å². The molecule has 0 saturated heterocycles. The summed E-state index contributed by atoms with van der Waals surface area (Å²) in [6, 6.07) is 21.2. The van der Waals surface area contributed by atoms with E-state index in [0.29, 0.717) is 35.0 Å². The van der Waals surface area contributed by atoms with Crippen LogP contribution in [-0.2, 0) is 4.79 Å². The first-order chi connectivity index (χ1) is 15.0. The van der Waals surface area contributed by atoms with Crippen LogP contribution in [-0.4, -0.2) is 24.5 Å². The summed E-state index contributed by atoms with van der Waals surface area (Å²) in [5.74, 6) is 0.574. The molecule has 6 nitrogen and oxygen atoms in total. The third kappa shape index (κ3) is 6.33. The average molecular weight is 483 g/mol. The fourth-order valence-electron chi connectivity index (χ4n) is 2.77. The maximum Gasteiger partial charge on any atom is 0.265 e. The molecule has 0 aliphatic heterocycles. The summed E-state index contributed by atoms with van der Waals surface area (Å²) in [6.07, 6.45) is -0.707. The number of rotatable bonds is 8. The van der Waals surface area contributed by atoms with Gasteiger partial charge in [-0.05, 0) is 74.5 Å². The number of carbonyl (C=O) groups excluding carboxylic acids is 2. The minimum absolute atomic E-state index is 0.264. The lowest BCUT2D eigenvalue weighted by Crippen LogP contribution is -2.30. The van der Waals surface area contributed by atoms with Crippen LogP contribution in [0.3, 0.4) is 0 Å². The predicted molar refractivity (Wildman–Crippen MR) is 125 cm³/mol. The van der Waals surface area contributed by atoms with E-state index in [9.17, 15) is 9.59 Å². The van der Waals surface area contributed by atoms with Crippen molar-refractivity contribution in [3.05, 3.63) is 82.8 Å². The second-order valence-corrected chi connectivity index (χ2v) is 7.58. The van der Waals surface area contributed by atoms with E-state index < -0.39 is 6.10 Å². The van der Waals surface area contributed by atoms with Crippen molar-refractivity contribution in [1.82, 2.24) is 0 Å². The van der Waals surface area contributed by atoms with Crippen LogP contribution < -0.4 is 20.1 Å². The minimum atomic E-state index is -0.707. The summed E-state index contributed by atoms with van der Waals surface area (Å²) in [7, 11) is 0. The number of anilines is 2. The number of hydrogen-bond donors (Lipinski definition) is 2. The second kappa shape index (κ2) is 10.6. The molecule has 1 unspecified atom stereocenters. The molecule has 0 aromatic heterocycles. The minimum Gasteiger partial charge on any atom is -0.492 e. The van der Waals surface area contributed by atoms with Gasteiger partial charge in [0.15, 0.2) is 6.10 Å². The molecule has 2 amide bonds. The Morgan fingerprint density at radius 1 is 0.935 bits per heavy atom. The van der Waals surface area contributed by atoms with E-state index in [1.165, 1.54) is 0 Å². The summed E-state index contributed by atoms with van der Waals surface area (Å²) in [6.45, 7) is 4.06. The fourth-order valence-corrected chi connectivity index (χ4v) is 3.03. The number of carbonyl (C=O) groups is 2. The van der Waals surface area contributed by atoms with E-state index in [1.807, 2.05) is 31.2 Å². The van der Waals surface area contributed by atoms with Crippen LogP contribution in [0.25, 0.3) is 0 Å². The van der Waals surface area contributed by atoms with E-state index in [-0.39, 0.29) is 11.8 Å². The van der Waals surface area contributed by atoms with Crippen LogP contribution in [0.2, 0.25) is 0 Å². The van der Waals surface area contributed by atoms with Crippen molar-refractivity contribution in [2.24, 2.45) is 0 Å². The van der Waals surface area contributed by atoms with Gasteiger partial charge in [-0.3, -0.25) is 9.59 Å². The molecule has 0 saturated carbocycles. The van der Waals surface area contributed by atoms with Crippen LogP contribution >= 0.6 is 15.9 Å². The largest absolute Gasteiger partial charge is 0.492 e. The Morgan fingerprint density at radius 3 is 2.29 bits per heavy atom. The summed E-state index contributed by atoms with van der Waals surface area (Å²) < 4.78 is 12.2. The first-order valence-electron chi connectivity index (χ1n) is 9.82. The number of ether oxygens (including phenoxy) is 2. The molecule has 7 heteroatoms. The molecule has 0 radical (unpaired) electrons. The van der Waals surface area contributed by atoms with Gasteiger partial charge >= 0.3 is 0 Å². The molecule has 3 aromatic rings. The van der Waals surface area contributed by atoms with Crippen LogP contribution in [0.15, 0.2) is 77.3 Å². The van der Waals surface area contributed by atoms with Gasteiger partial charge in [0.05, 0.1) is 12.3 Å². The lowest BCUT2D eigenvalue weighted by atomic mass is 10.2. The predicted octanol–water partition coefficient (Wildman–Crippen LogP) is 5.51. The van der Waals surface area contributed by atoms with Crippen LogP contribution in [0.4, 0.5) is 11.4 Å². The van der Waals surface area contributed by atoms with Crippen LogP contribution in [0, 0.1) is 0 Å². The number of nitrogens with one attached hydrogen (secondary N) is 2. The number of hydrogen-bond acceptors (Lipinski definition) is 4. The Hall–Kier alpha value is -3.32. The molecule has 3 rings (SSSR count). The Morgan fingerprint density at radius 2 is 1.61 bits per heavy atom. The SMILES string of the molecule is CCOc1ccccc1NC(=O)c1ccc(OC(C)C(=O)Nc2ccc(Br)cc2)cc1. The topological polar surface area (TPSA) is 76.7 Å². The highest BCUT2D eigenvalue weighted by Crippen LogP contribution is 2.24. The zero-order chi connectivity index (χ0) is 22.2. The van der Waals surface area contributed by atoms with Crippen molar-refractivity contribution in [3.63, 3.8) is 0 Å². The molecule has 3 aromatic carbocycles. The van der Waals surface area contributed by atoms with E-state index in [4.69, 9.17) is 9.47 Å². The lowest BCUT2D eigenvalue weighted by Gasteiger charge is -2.15. The molecule has 0 spiro atoms. The van der Waals surface area contributed by atoms with Crippen molar-refractivity contribution in [3.8, 4) is 11.5 Å². The Kier molecular flexibility index (Phi) is 7.67. The van der Waals surface area contributed by atoms with Gasteiger partial charge in [0, 0.05) is 15.7 Å². The molecular formula is C24H23BrN2O4. The monoisotopic (exact) mass is 482 g/mol. The van der Waals surface area contributed by atoms with E-state index >= 15 is 0 Å². The number of amides is 2. The van der Waals surface area contributed by atoms with E-state index in [0.717, 1.165) is 4.47 Å². The molecule has 2 N–H and O–H groups in total. The van der Waals surface area contributed by atoms with Crippen molar-refractivity contribution in [2.45, 2.75) is 20.0 Å². The molecule has 0 bridgehead atoms. The molecule has 1 atom stereocenters. The maximum absolute atomic E-state index is 12.6. The highest BCUT2D eigenvalue weighted by atomic mass is 79.9. The van der Waals surface area contributed by atoms with E-state index in [1.54, 1.807) is 55.5 Å².